The molecular formula is C15H18F3N3. The number of alkyl halides is 3. The minimum absolute atomic E-state index is 0.138. The SMILES string of the molecule is CC(NCCc1ccnn1C)c1cccc(C(F)(F)F)c1. The Balaban J connectivity index is 1.94. The summed E-state index contributed by atoms with van der Waals surface area (Å²) < 4.78 is 39.8. The van der Waals surface area contributed by atoms with E-state index in [4.69, 9.17) is 0 Å². The van der Waals surface area contributed by atoms with E-state index < -0.39 is 11.7 Å². The monoisotopic (exact) mass is 297 g/mol. The predicted molar refractivity (Wildman–Crippen MR) is 74.8 cm³/mol. The van der Waals surface area contributed by atoms with Crippen LogP contribution in [0.3, 0.4) is 0 Å². The highest BCUT2D eigenvalue weighted by atomic mass is 19.4. The first-order valence-electron chi connectivity index (χ1n) is 6.75. The van der Waals surface area contributed by atoms with Crippen molar-refractivity contribution in [1.82, 2.24) is 15.1 Å². The molecular weight excluding hydrogens is 279 g/mol. The third kappa shape index (κ3) is 4.07. The van der Waals surface area contributed by atoms with E-state index in [1.807, 2.05) is 20.0 Å². The summed E-state index contributed by atoms with van der Waals surface area (Å²) in [5.41, 5.74) is 1.11. The highest BCUT2D eigenvalue weighted by Gasteiger charge is 2.30. The topological polar surface area (TPSA) is 29.9 Å². The Labute approximate surface area is 121 Å². The molecule has 0 fully saturated rings. The average Bonchev–Trinajstić information content (AvgIpc) is 2.83. The van der Waals surface area contributed by atoms with Crippen LogP contribution in [0.4, 0.5) is 13.2 Å². The van der Waals surface area contributed by atoms with Crippen molar-refractivity contribution in [3.63, 3.8) is 0 Å². The van der Waals surface area contributed by atoms with Crippen LogP contribution >= 0.6 is 0 Å². The lowest BCUT2D eigenvalue weighted by atomic mass is 10.0. The van der Waals surface area contributed by atoms with E-state index in [1.165, 1.54) is 12.1 Å². The van der Waals surface area contributed by atoms with E-state index in [1.54, 1.807) is 16.9 Å². The lowest BCUT2D eigenvalue weighted by Crippen LogP contribution is -2.22. The van der Waals surface area contributed by atoms with E-state index in [0.717, 1.165) is 18.2 Å². The molecule has 0 bridgehead atoms. The number of nitrogens with one attached hydrogen (secondary N) is 1. The fourth-order valence-corrected chi connectivity index (χ4v) is 2.17. The molecule has 6 heteroatoms. The predicted octanol–water partition coefficient (Wildman–Crippen LogP) is 3.33. The van der Waals surface area contributed by atoms with Crippen molar-refractivity contribution in [2.24, 2.45) is 7.05 Å². The van der Waals surface area contributed by atoms with Gasteiger partial charge in [0, 0.05) is 37.9 Å². The summed E-state index contributed by atoms with van der Waals surface area (Å²) in [6.45, 7) is 2.54. The molecule has 2 aromatic rings. The molecule has 1 heterocycles. The van der Waals surface area contributed by atoms with Gasteiger partial charge in [-0.2, -0.15) is 18.3 Å². The first-order valence-corrected chi connectivity index (χ1v) is 6.75. The Bertz CT molecular complexity index is 590. The van der Waals surface area contributed by atoms with Gasteiger partial charge in [-0.05, 0) is 30.7 Å². The summed E-state index contributed by atoms with van der Waals surface area (Å²) >= 11 is 0. The summed E-state index contributed by atoms with van der Waals surface area (Å²) in [6, 6.07) is 7.22. The number of aromatic nitrogens is 2. The first kappa shape index (κ1) is 15.6. The van der Waals surface area contributed by atoms with Gasteiger partial charge in [0.05, 0.1) is 5.56 Å². The van der Waals surface area contributed by atoms with Crippen LogP contribution in [-0.4, -0.2) is 16.3 Å². The van der Waals surface area contributed by atoms with Gasteiger partial charge in [0.25, 0.3) is 0 Å². The maximum absolute atomic E-state index is 12.7. The first-order chi connectivity index (χ1) is 9.88. The molecule has 21 heavy (non-hydrogen) atoms. The Morgan fingerprint density at radius 2 is 2.05 bits per heavy atom. The quantitative estimate of drug-likeness (QED) is 0.917. The Morgan fingerprint density at radius 3 is 2.67 bits per heavy atom. The van der Waals surface area contributed by atoms with Crippen molar-refractivity contribution in [2.45, 2.75) is 25.6 Å². The van der Waals surface area contributed by atoms with E-state index in [9.17, 15) is 13.2 Å². The summed E-state index contributed by atoms with van der Waals surface area (Å²) in [7, 11) is 1.87. The number of benzene rings is 1. The number of hydrogen-bond donors (Lipinski definition) is 1. The molecule has 0 amide bonds. The fraction of sp³-hybridized carbons (Fsp3) is 0.400. The van der Waals surface area contributed by atoms with E-state index >= 15 is 0 Å². The van der Waals surface area contributed by atoms with Crippen LogP contribution in [0.1, 0.15) is 29.8 Å². The van der Waals surface area contributed by atoms with Crippen LogP contribution in [0.5, 0.6) is 0 Å². The van der Waals surface area contributed by atoms with Gasteiger partial charge in [0.15, 0.2) is 0 Å². The Morgan fingerprint density at radius 1 is 1.29 bits per heavy atom. The molecule has 1 aromatic carbocycles. The van der Waals surface area contributed by atoms with Crippen LogP contribution in [0.2, 0.25) is 0 Å². The molecule has 0 saturated heterocycles. The highest BCUT2D eigenvalue weighted by Crippen LogP contribution is 2.30. The number of halogens is 3. The largest absolute Gasteiger partial charge is 0.416 e. The molecule has 0 aliphatic rings. The number of rotatable bonds is 5. The zero-order valence-corrected chi connectivity index (χ0v) is 12.0. The number of nitrogens with zero attached hydrogens (tertiary/aromatic N) is 2. The second kappa shape index (κ2) is 6.30. The van der Waals surface area contributed by atoms with Crippen molar-refractivity contribution in [3.8, 4) is 0 Å². The minimum atomic E-state index is -4.30. The molecule has 1 atom stereocenters. The second-order valence-corrected chi connectivity index (χ2v) is 5.00. The maximum Gasteiger partial charge on any atom is 0.416 e. The fourth-order valence-electron chi connectivity index (χ4n) is 2.17. The normalized spacial score (nSPS) is 13.4. The van der Waals surface area contributed by atoms with E-state index in [-0.39, 0.29) is 6.04 Å². The van der Waals surface area contributed by atoms with Crippen molar-refractivity contribution in [2.75, 3.05) is 6.54 Å². The highest BCUT2D eigenvalue weighted by molar-refractivity contribution is 5.27. The minimum Gasteiger partial charge on any atom is -0.310 e. The lowest BCUT2D eigenvalue weighted by molar-refractivity contribution is -0.137. The van der Waals surface area contributed by atoms with Crippen LogP contribution < -0.4 is 5.32 Å². The molecule has 1 N–H and O–H groups in total. The van der Waals surface area contributed by atoms with Crippen molar-refractivity contribution in [3.05, 3.63) is 53.3 Å². The van der Waals surface area contributed by atoms with Gasteiger partial charge in [-0.15, -0.1) is 0 Å². The zero-order valence-electron chi connectivity index (χ0n) is 12.0. The van der Waals surface area contributed by atoms with Crippen molar-refractivity contribution >= 4 is 0 Å². The lowest BCUT2D eigenvalue weighted by Gasteiger charge is -2.16. The number of hydrogen-bond acceptors (Lipinski definition) is 2. The van der Waals surface area contributed by atoms with Crippen LogP contribution in [-0.2, 0) is 19.6 Å². The van der Waals surface area contributed by atoms with Gasteiger partial charge in [0.1, 0.15) is 0 Å². The molecule has 0 aliphatic heterocycles. The third-order valence-corrected chi connectivity index (χ3v) is 3.47. The van der Waals surface area contributed by atoms with Gasteiger partial charge in [-0.1, -0.05) is 12.1 Å². The molecule has 1 unspecified atom stereocenters. The molecule has 2 rings (SSSR count). The second-order valence-electron chi connectivity index (χ2n) is 5.00. The van der Waals surface area contributed by atoms with Gasteiger partial charge in [0.2, 0.25) is 0 Å². The van der Waals surface area contributed by atoms with Crippen LogP contribution in [0.25, 0.3) is 0 Å². The van der Waals surface area contributed by atoms with Gasteiger partial charge >= 0.3 is 6.18 Å². The molecule has 0 radical (unpaired) electrons. The molecule has 1 aromatic heterocycles. The maximum atomic E-state index is 12.7. The zero-order chi connectivity index (χ0) is 15.5. The average molecular weight is 297 g/mol. The summed E-state index contributed by atoms with van der Waals surface area (Å²) in [4.78, 5) is 0. The molecule has 0 saturated carbocycles. The Kier molecular flexibility index (Phi) is 4.67. The summed E-state index contributed by atoms with van der Waals surface area (Å²) in [5, 5.41) is 7.31. The van der Waals surface area contributed by atoms with Crippen LogP contribution in [0, 0.1) is 0 Å². The Hall–Kier alpha value is -1.82. The molecule has 0 spiro atoms. The molecule has 114 valence electrons. The van der Waals surface area contributed by atoms with Gasteiger partial charge in [-0.25, -0.2) is 0 Å². The molecule has 0 aliphatic carbocycles. The molecule has 3 nitrogen and oxygen atoms in total. The van der Waals surface area contributed by atoms with E-state index in [0.29, 0.717) is 12.1 Å². The number of aryl methyl sites for hydroxylation is 1. The summed E-state index contributed by atoms with van der Waals surface area (Å²) in [6.07, 6.45) is -1.80. The summed E-state index contributed by atoms with van der Waals surface area (Å²) in [5.74, 6) is 0. The smallest absolute Gasteiger partial charge is 0.310 e. The van der Waals surface area contributed by atoms with E-state index in [2.05, 4.69) is 10.4 Å². The van der Waals surface area contributed by atoms with Gasteiger partial charge < -0.3 is 5.32 Å². The van der Waals surface area contributed by atoms with Crippen LogP contribution in [0.15, 0.2) is 36.5 Å². The van der Waals surface area contributed by atoms with Crippen molar-refractivity contribution in [1.29, 1.82) is 0 Å². The third-order valence-electron chi connectivity index (χ3n) is 3.47. The standard InChI is InChI=1S/C15H18F3N3/c1-11(19-8-6-14-7-9-20-21(14)2)12-4-3-5-13(10-12)15(16,17)18/h3-5,7,9-11,19H,6,8H2,1-2H3. The van der Waals surface area contributed by atoms with Crippen molar-refractivity contribution < 1.29 is 13.2 Å². The van der Waals surface area contributed by atoms with Gasteiger partial charge in [-0.3, -0.25) is 4.68 Å².